The van der Waals surface area contributed by atoms with Gasteiger partial charge in [0.15, 0.2) is 0 Å². The van der Waals surface area contributed by atoms with Gasteiger partial charge in [-0.3, -0.25) is 0 Å². The maximum Gasteiger partial charge on any atom is 0.0651 e. The Morgan fingerprint density at radius 1 is 1.25 bits per heavy atom. The number of rotatable bonds is 2. The summed E-state index contributed by atoms with van der Waals surface area (Å²) in [7, 11) is 0. The van der Waals surface area contributed by atoms with Crippen LogP contribution in [0.2, 0.25) is 0 Å². The van der Waals surface area contributed by atoms with Gasteiger partial charge in [-0.15, -0.1) is 0 Å². The number of nitrogens with zero attached hydrogens (tertiary/aromatic N) is 2. The lowest BCUT2D eigenvalue weighted by atomic mass is 10.3. The van der Waals surface area contributed by atoms with Crippen LogP contribution in [0.5, 0.6) is 0 Å². The van der Waals surface area contributed by atoms with Gasteiger partial charge < -0.3 is 0 Å². The lowest BCUT2D eigenvalue weighted by molar-refractivity contribution is 0.880. The quantitative estimate of drug-likeness (QED) is 0.618. The number of aromatic nitrogens is 2. The summed E-state index contributed by atoms with van der Waals surface area (Å²) in [5.74, 6) is 6.88. The first-order chi connectivity index (χ1) is 7.90. The fraction of sp³-hybridized carbons (Fsp3) is 0.154. The van der Waals surface area contributed by atoms with E-state index in [2.05, 4.69) is 29.6 Å². The van der Waals surface area contributed by atoms with E-state index in [1.807, 2.05) is 41.2 Å². The van der Waals surface area contributed by atoms with Crippen LogP contribution < -0.4 is 0 Å². The van der Waals surface area contributed by atoms with Crippen LogP contribution in [0.3, 0.4) is 0 Å². The van der Waals surface area contributed by atoms with Gasteiger partial charge in [0.2, 0.25) is 0 Å². The second kappa shape index (κ2) is 5.43. The normalized spacial score (nSPS) is 9.56. The Labute approximate surface area is 101 Å². The Hall–Kier alpha value is -1.66. The third kappa shape index (κ3) is 2.68. The van der Waals surface area contributed by atoms with E-state index >= 15 is 0 Å². The number of hydrogen-bond acceptors (Lipinski definition) is 2. The summed E-state index contributed by atoms with van der Waals surface area (Å²) < 4.78 is 1.82. The second-order valence-electron chi connectivity index (χ2n) is 3.28. The summed E-state index contributed by atoms with van der Waals surface area (Å²) in [6, 6.07) is 9.99. The molecule has 80 valence electrons. The smallest absolute Gasteiger partial charge is 0.0651 e. The van der Waals surface area contributed by atoms with Gasteiger partial charge in [-0.05, 0) is 12.1 Å². The molecule has 0 fully saturated rings. The van der Waals surface area contributed by atoms with Crippen LogP contribution in [0.25, 0.3) is 5.69 Å². The predicted molar refractivity (Wildman–Crippen MR) is 68.9 cm³/mol. The van der Waals surface area contributed by atoms with Crippen LogP contribution in [0.4, 0.5) is 0 Å². The lowest BCUT2D eigenvalue weighted by Gasteiger charge is -1.98. The van der Waals surface area contributed by atoms with Gasteiger partial charge in [0.1, 0.15) is 0 Å². The molecule has 0 N–H and O–H groups in total. The molecule has 16 heavy (non-hydrogen) atoms. The van der Waals surface area contributed by atoms with Crippen LogP contribution in [-0.2, 0) is 0 Å². The Bertz CT molecular complexity index is 505. The highest BCUT2D eigenvalue weighted by Crippen LogP contribution is 2.06. The van der Waals surface area contributed by atoms with Gasteiger partial charge in [-0.1, -0.05) is 30.0 Å². The van der Waals surface area contributed by atoms with Gasteiger partial charge in [0.05, 0.1) is 17.4 Å². The topological polar surface area (TPSA) is 17.8 Å². The van der Waals surface area contributed by atoms with Crippen molar-refractivity contribution in [3.63, 3.8) is 0 Å². The molecule has 1 aromatic carbocycles. The van der Waals surface area contributed by atoms with Crippen LogP contribution in [0.15, 0.2) is 42.7 Å². The van der Waals surface area contributed by atoms with Gasteiger partial charge in [-0.25, -0.2) is 4.68 Å². The molecule has 0 bridgehead atoms. The molecule has 2 rings (SSSR count). The zero-order chi connectivity index (χ0) is 11.2. The minimum absolute atomic E-state index is 0.791. The minimum Gasteiger partial charge on any atom is -0.240 e. The number of thiol groups is 1. The average Bonchev–Trinajstić information content (AvgIpc) is 2.79. The lowest BCUT2D eigenvalue weighted by Crippen LogP contribution is -1.92. The van der Waals surface area contributed by atoms with E-state index in [1.165, 1.54) is 0 Å². The van der Waals surface area contributed by atoms with Crippen molar-refractivity contribution in [2.45, 2.75) is 6.42 Å². The third-order valence-corrected chi connectivity index (χ3v) is 2.30. The fourth-order valence-corrected chi connectivity index (χ4v) is 1.44. The molecule has 2 nitrogen and oxygen atoms in total. The van der Waals surface area contributed by atoms with E-state index in [1.54, 1.807) is 6.20 Å². The van der Waals surface area contributed by atoms with Crippen molar-refractivity contribution in [3.05, 3.63) is 48.3 Å². The molecule has 0 radical (unpaired) electrons. The number of benzene rings is 1. The third-order valence-electron chi connectivity index (χ3n) is 2.07. The molecule has 0 amide bonds. The number of para-hydroxylation sites is 1. The Kier molecular flexibility index (Phi) is 3.68. The monoisotopic (exact) mass is 228 g/mol. The van der Waals surface area contributed by atoms with Crippen LogP contribution >= 0.6 is 12.6 Å². The van der Waals surface area contributed by atoms with Gasteiger partial charge in [0.25, 0.3) is 0 Å². The summed E-state index contributed by atoms with van der Waals surface area (Å²) in [5.41, 5.74) is 1.98. The van der Waals surface area contributed by atoms with Crippen molar-refractivity contribution < 1.29 is 0 Å². The maximum absolute atomic E-state index is 4.26. The van der Waals surface area contributed by atoms with E-state index < -0.39 is 0 Å². The minimum atomic E-state index is 0.791. The molecule has 0 saturated carbocycles. The SMILES string of the molecule is SCCC#Cc1cnn(-c2ccccc2)c1. The molecular formula is C13H12N2S. The molecule has 3 heteroatoms. The molecule has 0 aliphatic carbocycles. The van der Waals surface area contributed by atoms with E-state index in [9.17, 15) is 0 Å². The number of hydrogen-bond donors (Lipinski definition) is 1. The summed E-state index contributed by atoms with van der Waals surface area (Å²) in [4.78, 5) is 0. The van der Waals surface area contributed by atoms with Crippen molar-refractivity contribution in [3.8, 4) is 17.5 Å². The van der Waals surface area contributed by atoms with Crippen LogP contribution in [0, 0.1) is 11.8 Å². The van der Waals surface area contributed by atoms with Gasteiger partial charge in [-0.2, -0.15) is 17.7 Å². The van der Waals surface area contributed by atoms with E-state index in [0.29, 0.717) is 0 Å². The largest absolute Gasteiger partial charge is 0.240 e. The Balaban J connectivity index is 2.18. The predicted octanol–water partition coefficient (Wildman–Crippen LogP) is 2.54. The van der Waals surface area contributed by atoms with Crippen molar-refractivity contribution >= 4 is 12.6 Å². The molecule has 0 aliphatic rings. The molecule has 0 spiro atoms. The van der Waals surface area contributed by atoms with Gasteiger partial charge >= 0.3 is 0 Å². The highest BCUT2D eigenvalue weighted by molar-refractivity contribution is 7.80. The van der Waals surface area contributed by atoms with Gasteiger partial charge in [0, 0.05) is 18.4 Å². The summed E-state index contributed by atoms with van der Waals surface area (Å²) in [6.07, 6.45) is 4.51. The summed E-state index contributed by atoms with van der Waals surface area (Å²) >= 11 is 4.11. The summed E-state index contributed by atoms with van der Waals surface area (Å²) in [5, 5.41) is 4.26. The van der Waals surface area contributed by atoms with Crippen molar-refractivity contribution in [1.29, 1.82) is 0 Å². The molecule has 0 aliphatic heterocycles. The molecule has 0 unspecified atom stereocenters. The molecule has 1 heterocycles. The first-order valence-electron chi connectivity index (χ1n) is 5.10. The Morgan fingerprint density at radius 3 is 2.81 bits per heavy atom. The molecular weight excluding hydrogens is 216 g/mol. The van der Waals surface area contributed by atoms with E-state index in [-0.39, 0.29) is 0 Å². The molecule has 1 aromatic heterocycles. The molecule has 0 saturated heterocycles. The highest BCUT2D eigenvalue weighted by Gasteiger charge is 1.96. The average molecular weight is 228 g/mol. The molecule has 2 aromatic rings. The van der Waals surface area contributed by atoms with E-state index in [0.717, 1.165) is 23.4 Å². The Morgan fingerprint density at radius 2 is 2.06 bits per heavy atom. The van der Waals surface area contributed by atoms with Crippen molar-refractivity contribution in [2.75, 3.05) is 5.75 Å². The zero-order valence-corrected chi connectivity index (χ0v) is 9.69. The zero-order valence-electron chi connectivity index (χ0n) is 8.80. The van der Waals surface area contributed by atoms with E-state index in [4.69, 9.17) is 0 Å². The summed E-state index contributed by atoms with van der Waals surface area (Å²) in [6.45, 7) is 0. The standard InChI is InChI=1S/C13H12N2S/c16-9-5-4-6-12-10-14-15(11-12)13-7-2-1-3-8-13/h1-3,7-8,10-11,16H,5,9H2. The highest BCUT2D eigenvalue weighted by atomic mass is 32.1. The first kappa shape index (κ1) is 10.8. The van der Waals surface area contributed by atoms with Crippen LogP contribution in [-0.4, -0.2) is 15.5 Å². The molecule has 0 atom stereocenters. The van der Waals surface area contributed by atoms with Crippen LogP contribution in [0.1, 0.15) is 12.0 Å². The van der Waals surface area contributed by atoms with Crippen molar-refractivity contribution in [2.24, 2.45) is 0 Å². The maximum atomic E-state index is 4.26. The fourth-order valence-electron chi connectivity index (χ4n) is 1.33. The van der Waals surface area contributed by atoms with Crippen molar-refractivity contribution in [1.82, 2.24) is 9.78 Å². The second-order valence-corrected chi connectivity index (χ2v) is 3.73. The first-order valence-corrected chi connectivity index (χ1v) is 5.73.